The minimum atomic E-state index is -3.45. The zero-order valence-electron chi connectivity index (χ0n) is 5.51. The van der Waals surface area contributed by atoms with Crippen LogP contribution in [-0.4, -0.2) is 23.8 Å². The van der Waals surface area contributed by atoms with Gasteiger partial charge in [-0.05, 0) is 11.3 Å². The van der Waals surface area contributed by atoms with Crippen molar-refractivity contribution in [1.82, 2.24) is 15.4 Å². The Hall–Kier alpha value is -1.30. The van der Waals surface area contributed by atoms with Gasteiger partial charge in [-0.1, -0.05) is 6.58 Å². The summed E-state index contributed by atoms with van der Waals surface area (Å²) in [6, 6.07) is 1.25. The fourth-order valence-corrected chi connectivity index (χ4v) is 1.04. The van der Waals surface area contributed by atoms with Crippen LogP contribution < -0.4 is 0 Å². The second kappa shape index (κ2) is 2.75. The van der Waals surface area contributed by atoms with Crippen LogP contribution in [-0.2, 0) is 9.84 Å². The van der Waals surface area contributed by atoms with E-state index in [1.165, 1.54) is 12.3 Å². The summed E-state index contributed by atoms with van der Waals surface area (Å²) < 4.78 is 21.9. The van der Waals surface area contributed by atoms with Crippen LogP contribution in [0.2, 0.25) is 0 Å². The van der Waals surface area contributed by atoms with Crippen LogP contribution in [0.1, 0.15) is 0 Å². The molecule has 5 nitrogen and oxygen atoms in total. The van der Waals surface area contributed by atoms with E-state index in [-0.39, 0.29) is 5.03 Å². The Morgan fingerprint density at radius 2 is 2.27 bits per heavy atom. The third-order valence-electron chi connectivity index (χ3n) is 0.990. The van der Waals surface area contributed by atoms with Gasteiger partial charge in [0, 0.05) is 5.41 Å². The second-order valence-electron chi connectivity index (χ2n) is 1.67. The molecular formula is C5H5N3O2S. The fourth-order valence-electron chi connectivity index (χ4n) is 0.467. The average molecular weight is 171 g/mol. The summed E-state index contributed by atoms with van der Waals surface area (Å²) in [6.45, 7) is 3.13. The molecule has 0 aliphatic carbocycles. The van der Waals surface area contributed by atoms with E-state index in [4.69, 9.17) is 0 Å². The topological polar surface area (TPSA) is 72.8 Å². The predicted octanol–water partition coefficient (Wildman–Crippen LogP) is -0.211. The maximum atomic E-state index is 11.0. The van der Waals surface area contributed by atoms with E-state index in [0.717, 1.165) is 5.41 Å². The van der Waals surface area contributed by atoms with E-state index >= 15 is 0 Å². The lowest BCUT2D eigenvalue weighted by Gasteiger charge is -1.91. The highest BCUT2D eigenvalue weighted by Gasteiger charge is 2.09. The summed E-state index contributed by atoms with van der Waals surface area (Å²) in [5.41, 5.74) is 0. The molecule has 0 aromatic carbocycles. The molecule has 0 spiro atoms. The number of sulfone groups is 1. The first-order chi connectivity index (χ1) is 5.17. The van der Waals surface area contributed by atoms with E-state index in [1.54, 1.807) is 0 Å². The molecule has 1 aromatic rings. The lowest BCUT2D eigenvalue weighted by Crippen LogP contribution is -2.00. The van der Waals surface area contributed by atoms with Gasteiger partial charge in [0.05, 0.1) is 6.20 Å². The van der Waals surface area contributed by atoms with Gasteiger partial charge in [0.2, 0.25) is 9.84 Å². The minimum Gasteiger partial charge on any atom is -0.217 e. The Bertz CT molecular complexity index is 345. The van der Waals surface area contributed by atoms with Crippen molar-refractivity contribution < 1.29 is 8.42 Å². The number of hydrogen-bond donors (Lipinski definition) is 0. The lowest BCUT2D eigenvalue weighted by molar-refractivity contribution is 0.596. The van der Waals surface area contributed by atoms with Crippen LogP contribution in [0.3, 0.4) is 0 Å². The number of aromatic nitrogens is 3. The van der Waals surface area contributed by atoms with Crippen molar-refractivity contribution >= 4 is 9.84 Å². The molecule has 11 heavy (non-hydrogen) atoms. The van der Waals surface area contributed by atoms with E-state index in [2.05, 4.69) is 22.0 Å². The highest BCUT2D eigenvalue weighted by Crippen LogP contribution is 2.03. The molecule has 0 fully saturated rings. The van der Waals surface area contributed by atoms with Crippen LogP contribution in [0.25, 0.3) is 0 Å². The normalized spacial score (nSPS) is 10.9. The van der Waals surface area contributed by atoms with Gasteiger partial charge >= 0.3 is 0 Å². The molecule has 0 N–H and O–H groups in total. The van der Waals surface area contributed by atoms with Crippen molar-refractivity contribution in [3.8, 4) is 0 Å². The monoisotopic (exact) mass is 171 g/mol. The molecule has 0 amide bonds. The van der Waals surface area contributed by atoms with Crippen LogP contribution in [0.5, 0.6) is 0 Å². The molecule has 0 radical (unpaired) electrons. The van der Waals surface area contributed by atoms with Crippen LogP contribution in [0.15, 0.2) is 29.3 Å². The Morgan fingerprint density at radius 3 is 2.73 bits per heavy atom. The number of nitrogens with zero attached hydrogens (tertiary/aromatic N) is 3. The molecule has 1 heterocycles. The molecule has 0 aliphatic rings. The quantitative estimate of drug-likeness (QED) is 0.615. The van der Waals surface area contributed by atoms with E-state index in [0.29, 0.717) is 0 Å². The average Bonchev–Trinajstić information content (AvgIpc) is 2.06. The van der Waals surface area contributed by atoms with Crippen LogP contribution in [0.4, 0.5) is 0 Å². The van der Waals surface area contributed by atoms with Crippen molar-refractivity contribution in [2.24, 2.45) is 0 Å². The summed E-state index contributed by atoms with van der Waals surface area (Å²) in [7, 11) is -3.45. The van der Waals surface area contributed by atoms with Gasteiger partial charge in [-0.15, -0.1) is 10.2 Å². The first-order valence-electron chi connectivity index (χ1n) is 2.69. The van der Waals surface area contributed by atoms with Crippen molar-refractivity contribution in [2.45, 2.75) is 5.03 Å². The molecule has 1 rings (SSSR count). The number of rotatable bonds is 2. The molecule has 0 atom stereocenters. The summed E-state index contributed by atoms with van der Waals surface area (Å²) >= 11 is 0. The van der Waals surface area contributed by atoms with E-state index in [1.807, 2.05) is 0 Å². The molecule has 0 unspecified atom stereocenters. The summed E-state index contributed by atoms with van der Waals surface area (Å²) in [5.74, 6) is 0. The van der Waals surface area contributed by atoms with Gasteiger partial charge in [0.15, 0.2) is 5.03 Å². The smallest absolute Gasteiger partial charge is 0.217 e. The molecule has 0 saturated heterocycles. The third kappa shape index (κ3) is 1.58. The van der Waals surface area contributed by atoms with Gasteiger partial charge in [-0.2, -0.15) is 0 Å². The molecule has 0 saturated carbocycles. The summed E-state index contributed by atoms with van der Waals surface area (Å²) in [5, 5.41) is 10.5. The van der Waals surface area contributed by atoms with Gasteiger partial charge in [0.1, 0.15) is 0 Å². The Labute approximate surface area is 63.7 Å². The van der Waals surface area contributed by atoms with Gasteiger partial charge < -0.3 is 0 Å². The standard InChI is InChI=1S/C5H5N3O2S/c1-2-11(9,10)5-3-4-6-8-7-5/h2-4H,1H2. The Kier molecular flexibility index (Phi) is 1.95. The largest absolute Gasteiger partial charge is 0.218 e. The SMILES string of the molecule is C=CS(=O)(=O)c1ccnnn1. The second-order valence-corrected chi connectivity index (χ2v) is 3.51. The van der Waals surface area contributed by atoms with Crippen molar-refractivity contribution in [3.05, 3.63) is 24.3 Å². The molecule has 6 heteroatoms. The highest BCUT2D eigenvalue weighted by atomic mass is 32.2. The maximum absolute atomic E-state index is 11.0. The predicted molar refractivity (Wildman–Crippen MR) is 37.2 cm³/mol. The van der Waals surface area contributed by atoms with Crippen LogP contribution >= 0.6 is 0 Å². The minimum absolute atomic E-state index is 0.137. The van der Waals surface area contributed by atoms with Gasteiger partial charge in [-0.3, -0.25) is 0 Å². The van der Waals surface area contributed by atoms with Gasteiger partial charge in [-0.25, -0.2) is 8.42 Å². The lowest BCUT2D eigenvalue weighted by atomic mass is 10.7. The van der Waals surface area contributed by atoms with Crippen LogP contribution in [0, 0.1) is 0 Å². The molecule has 0 bridgehead atoms. The summed E-state index contributed by atoms with van der Waals surface area (Å²) in [6.07, 6.45) is 1.25. The zero-order valence-corrected chi connectivity index (χ0v) is 6.32. The highest BCUT2D eigenvalue weighted by molar-refractivity contribution is 7.94. The number of hydrogen-bond acceptors (Lipinski definition) is 5. The zero-order chi connectivity index (χ0) is 8.32. The third-order valence-corrected chi connectivity index (χ3v) is 2.23. The van der Waals surface area contributed by atoms with Gasteiger partial charge in [0.25, 0.3) is 0 Å². The van der Waals surface area contributed by atoms with Crippen molar-refractivity contribution in [2.75, 3.05) is 0 Å². The molecule has 0 aliphatic heterocycles. The fraction of sp³-hybridized carbons (Fsp3) is 0. The molecular weight excluding hydrogens is 166 g/mol. The molecule has 58 valence electrons. The van der Waals surface area contributed by atoms with Crippen molar-refractivity contribution in [1.29, 1.82) is 0 Å². The Morgan fingerprint density at radius 1 is 1.55 bits per heavy atom. The molecule has 1 aromatic heterocycles. The maximum Gasteiger partial charge on any atom is 0.218 e. The first-order valence-corrected chi connectivity index (χ1v) is 4.23. The first kappa shape index (κ1) is 7.80. The summed E-state index contributed by atoms with van der Waals surface area (Å²) in [4.78, 5) is 0. The van der Waals surface area contributed by atoms with E-state index < -0.39 is 9.84 Å². The van der Waals surface area contributed by atoms with Crippen molar-refractivity contribution in [3.63, 3.8) is 0 Å². The Balaban J connectivity index is 3.24. The van der Waals surface area contributed by atoms with E-state index in [9.17, 15) is 8.42 Å².